The van der Waals surface area contributed by atoms with E-state index in [1.54, 1.807) is 24.3 Å². The highest BCUT2D eigenvalue weighted by molar-refractivity contribution is 7.85. The fourth-order valence-electron chi connectivity index (χ4n) is 2.16. The van der Waals surface area contributed by atoms with Gasteiger partial charge in [-0.2, -0.15) is 0 Å². The predicted octanol–water partition coefficient (Wildman–Crippen LogP) is 2.73. The first-order chi connectivity index (χ1) is 10.4. The number of aliphatic hydroxyl groups excluding tert-OH is 1. The van der Waals surface area contributed by atoms with Crippen LogP contribution in [0.2, 0.25) is 0 Å². The van der Waals surface area contributed by atoms with Crippen molar-refractivity contribution in [3.8, 4) is 0 Å². The molecule has 0 aromatic heterocycles. The van der Waals surface area contributed by atoms with Crippen LogP contribution in [-0.4, -0.2) is 33.6 Å². The molecule has 2 N–H and O–H groups in total. The maximum atomic E-state index is 12.2. The third kappa shape index (κ3) is 4.65. The number of rotatable bonds is 8. The SMILES string of the molecule is CCC(CC)(CO)CNC(=O)c1ccc(S(=O)C(C)C)cc1. The van der Waals surface area contributed by atoms with Crippen LogP contribution in [0.4, 0.5) is 0 Å². The molecule has 0 saturated carbocycles. The Hall–Kier alpha value is -1.20. The first-order valence-corrected chi connectivity index (χ1v) is 9.00. The third-order valence-electron chi connectivity index (χ3n) is 4.24. The van der Waals surface area contributed by atoms with E-state index < -0.39 is 10.8 Å². The van der Waals surface area contributed by atoms with E-state index >= 15 is 0 Å². The molecule has 1 rings (SSSR count). The normalized spacial score (nSPS) is 13.2. The van der Waals surface area contributed by atoms with Gasteiger partial charge < -0.3 is 10.4 Å². The van der Waals surface area contributed by atoms with Crippen LogP contribution in [0.15, 0.2) is 29.2 Å². The molecule has 124 valence electrons. The standard InChI is InChI=1S/C17H27NO3S/c1-5-17(6-2,12-19)11-18-16(20)14-7-9-15(10-8-14)22(21)13(3)4/h7-10,13,19H,5-6,11-12H2,1-4H3,(H,18,20). The minimum Gasteiger partial charge on any atom is -0.396 e. The van der Waals surface area contributed by atoms with Gasteiger partial charge in [0.1, 0.15) is 0 Å². The number of nitrogens with one attached hydrogen (secondary N) is 1. The van der Waals surface area contributed by atoms with Gasteiger partial charge in [-0.1, -0.05) is 27.7 Å². The Labute approximate surface area is 135 Å². The average molecular weight is 325 g/mol. The first kappa shape index (κ1) is 18.8. The van der Waals surface area contributed by atoms with Gasteiger partial charge in [0.05, 0.1) is 17.4 Å². The van der Waals surface area contributed by atoms with Crippen LogP contribution in [0.25, 0.3) is 0 Å². The molecule has 1 unspecified atom stereocenters. The molecule has 1 atom stereocenters. The minimum atomic E-state index is -1.04. The number of carbonyl (C=O) groups is 1. The zero-order valence-corrected chi connectivity index (χ0v) is 14.7. The molecule has 0 aliphatic carbocycles. The Morgan fingerprint density at radius 2 is 1.77 bits per heavy atom. The Kier molecular flexibility index (Phi) is 7.23. The van der Waals surface area contributed by atoms with Gasteiger partial charge in [-0.3, -0.25) is 9.00 Å². The van der Waals surface area contributed by atoms with E-state index in [2.05, 4.69) is 5.32 Å². The summed E-state index contributed by atoms with van der Waals surface area (Å²) in [6.07, 6.45) is 1.62. The Balaban J connectivity index is 2.73. The van der Waals surface area contributed by atoms with E-state index in [4.69, 9.17) is 0 Å². The summed E-state index contributed by atoms with van der Waals surface area (Å²) in [4.78, 5) is 12.9. The predicted molar refractivity (Wildman–Crippen MR) is 90.4 cm³/mol. The molecule has 0 aliphatic heterocycles. The molecule has 0 fully saturated rings. The monoisotopic (exact) mass is 325 g/mol. The van der Waals surface area contributed by atoms with Crippen LogP contribution in [0.5, 0.6) is 0 Å². The van der Waals surface area contributed by atoms with E-state index in [1.165, 1.54) is 0 Å². The lowest BCUT2D eigenvalue weighted by Crippen LogP contribution is -2.39. The van der Waals surface area contributed by atoms with E-state index in [0.29, 0.717) is 12.1 Å². The van der Waals surface area contributed by atoms with E-state index in [-0.39, 0.29) is 23.2 Å². The van der Waals surface area contributed by atoms with Crippen molar-refractivity contribution < 1.29 is 14.1 Å². The van der Waals surface area contributed by atoms with Crippen molar-refractivity contribution in [3.63, 3.8) is 0 Å². The fourth-order valence-corrected chi connectivity index (χ4v) is 3.11. The van der Waals surface area contributed by atoms with Crippen LogP contribution in [0, 0.1) is 5.41 Å². The lowest BCUT2D eigenvalue weighted by atomic mass is 9.83. The first-order valence-electron chi connectivity index (χ1n) is 7.78. The van der Waals surface area contributed by atoms with Crippen LogP contribution in [0.3, 0.4) is 0 Å². The number of benzene rings is 1. The molecule has 0 radical (unpaired) electrons. The van der Waals surface area contributed by atoms with E-state index in [0.717, 1.165) is 17.7 Å². The quantitative estimate of drug-likeness (QED) is 0.772. The molecule has 0 saturated heterocycles. The van der Waals surface area contributed by atoms with Crippen LogP contribution in [-0.2, 0) is 10.8 Å². The van der Waals surface area contributed by atoms with Gasteiger partial charge in [0, 0.05) is 27.7 Å². The van der Waals surface area contributed by atoms with Gasteiger partial charge >= 0.3 is 0 Å². The smallest absolute Gasteiger partial charge is 0.251 e. The molecule has 1 amide bonds. The highest BCUT2D eigenvalue weighted by Gasteiger charge is 2.26. The fraction of sp³-hybridized carbons (Fsp3) is 0.588. The number of hydrogen-bond acceptors (Lipinski definition) is 3. The van der Waals surface area contributed by atoms with Crippen molar-refractivity contribution in [1.29, 1.82) is 0 Å². The second-order valence-electron chi connectivity index (χ2n) is 5.92. The maximum absolute atomic E-state index is 12.2. The molecular formula is C17H27NO3S. The topological polar surface area (TPSA) is 66.4 Å². The minimum absolute atomic E-state index is 0.0546. The number of hydrogen-bond donors (Lipinski definition) is 2. The highest BCUT2D eigenvalue weighted by atomic mass is 32.2. The van der Waals surface area contributed by atoms with Crippen molar-refractivity contribution in [3.05, 3.63) is 29.8 Å². The van der Waals surface area contributed by atoms with Gasteiger partial charge in [-0.15, -0.1) is 0 Å². The number of amides is 1. The highest BCUT2D eigenvalue weighted by Crippen LogP contribution is 2.24. The summed E-state index contributed by atoms with van der Waals surface area (Å²) < 4.78 is 12.0. The maximum Gasteiger partial charge on any atom is 0.251 e. The molecule has 5 heteroatoms. The van der Waals surface area contributed by atoms with Crippen LogP contribution >= 0.6 is 0 Å². The summed E-state index contributed by atoms with van der Waals surface area (Å²) in [6.45, 7) is 8.35. The lowest BCUT2D eigenvalue weighted by Gasteiger charge is -2.29. The molecule has 1 aromatic carbocycles. The van der Waals surface area contributed by atoms with Crippen molar-refractivity contribution in [2.75, 3.05) is 13.2 Å². The summed E-state index contributed by atoms with van der Waals surface area (Å²) in [5.41, 5.74) is 0.290. The van der Waals surface area contributed by atoms with Crippen LogP contribution in [0.1, 0.15) is 50.9 Å². The van der Waals surface area contributed by atoms with Gasteiger partial charge in [-0.05, 0) is 37.1 Å². The Morgan fingerprint density at radius 3 is 2.18 bits per heavy atom. The van der Waals surface area contributed by atoms with E-state index in [1.807, 2.05) is 27.7 Å². The zero-order chi connectivity index (χ0) is 16.8. The average Bonchev–Trinajstić information content (AvgIpc) is 2.55. The largest absolute Gasteiger partial charge is 0.396 e. The van der Waals surface area contributed by atoms with Gasteiger partial charge in [0.2, 0.25) is 0 Å². The molecule has 0 bridgehead atoms. The zero-order valence-electron chi connectivity index (χ0n) is 13.9. The molecule has 0 spiro atoms. The number of aliphatic hydroxyl groups is 1. The van der Waals surface area contributed by atoms with Crippen LogP contribution < -0.4 is 5.32 Å². The van der Waals surface area contributed by atoms with Gasteiger partial charge in [0.25, 0.3) is 5.91 Å². The van der Waals surface area contributed by atoms with E-state index in [9.17, 15) is 14.1 Å². The van der Waals surface area contributed by atoms with Crippen molar-refractivity contribution >= 4 is 16.7 Å². The number of carbonyl (C=O) groups excluding carboxylic acids is 1. The summed E-state index contributed by atoms with van der Waals surface area (Å²) in [5, 5.41) is 12.5. The molecule has 0 aliphatic rings. The molecular weight excluding hydrogens is 298 g/mol. The van der Waals surface area contributed by atoms with Crippen molar-refractivity contribution in [1.82, 2.24) is 5.32 Å². The summed E-state index contributed by atoms with van der Waals surface area (Å²) >= 11 is 0. The molecule has 22 heavy (non-hydrogen) atoms. The van der Waals surface area contributed by atoms with Crippen molar-refractivity contribution in [2.45, 2.75) is 50.7 Å². The molecule has 0 heterocycles. The lowest BCUT2D eigenvalue weighted by molar-refractivity contribution is 0.0851. The molecule has 4 nitrogen and oxygen atoms in total. The van der Waals surface area contributed by atoms with Crippen molar-refractivity contribution in [2.24, 2.45) is 5.41 Å². The summed E-state index contributed by atoms with van der Waals surface area (Å²) in [5.74, 6) is -0.165. The summed E-state index contributed by atoms with van der Waals surface area (Å²) in [6, 6.07) is 6.88. The van der Waals surface area contributed by atoms with Gasteiger partial charge in [-0.25, -0.2) is 0 Å². The van der Waals surface area contributed by atoms with Gasteiger partial charge in [0.15, 0.2) is 0 Å². The second kappa shape index (κ2) is 8.44. The second-order valence-corrected chi connectivity index (χ2v) is 7.93. The Morgan fingerprint density at radius 1 is 1.23 bits per heavy atom. The summed E-state index contributed by atoms with van der Waals surface area (Å²) in [7, 11) is -1.04. The third-order valence-corrected chi connectivity index (χ3v) is 5.83. The Bertz CT molecular complexity index is 499. The molecule has 1 aromatic rings.